The number of rotatable bonds is 4. The van der Waals surface area contributed by atoms with Crippen LogP contribution in [-0.2, 0) is 10.0 Å². The van der Waals surface area contributed by atoms with Crippen LogP contribution in [0.5, 0.6) is 0 Å². The fourth-order valence-electron chi connectivity index (χ4n) is 1.65. The van der Waals surface area contributed by atoms with Gasteiger partial charge >= 0.3 is 0 Å². The highest BCUT2D eigenvalue weighted by atomic mass is 32.2. The molecule has 0 unspecified atom stereocenters. The van der Waals surface area contributed by atoms with E-state index in [2.05, 4.69) is 5.43 Å². The van der Waals surface area contributed by atoms with Crippen LogP contribution in [0, 0.1) is 17.5 Å². The summed E-state index contributed by atoms with van der Waals surface area (Å²) in [4.78, 5) is -0.295. The molecule has 0 saturated heterocycles. The molecule has 0 aromatic heterocycles. The van der Waals surface area contributed by atoms with Crippen molar-refractivity contribution in [2.75, 3.05) is 10.1 Å². The van der Waals surface area contributed by atoms with Crippen molar-refractivity contribution in [3.05, 3.63) is 53.8 Å². The largest absolute Gasteiger partial charge is 0.323 e. The van der Waals surface area contributed by atoms with Crippen molar-refractivity contribution in [1.82, 2.24) is 0 Å². The zero-order valence-electron chi connectivity index (χ0n) is 10.4. The van der Waals surface area contributed by atoms with Crippen molar-refractivity contribution in [2.45, 2.75) is 4.90 Å². The van der Waals surface area contributed by atoms with Gasteiger partial charge in [-0.2, -0.15) is 0 Å². The number of hydrazine groups is 1. The molecule has 21 heavy (non-hydrogen) atoms. The SMILES string of the molecule is NNc1ccccc1S(=O)(=O)Nc1cc(F)cc(F)c1F. The molecule has 0 amide bonds. The zero-order chi connectivity index (χ0) is 15.6. The maximum atomic E-state index is 13.5. The van der Waals surface area contributed by atoms with Crippen LogP contribution in [0.3, 0.4) is 0 Å². The maximum absolute atomic E-state index is 13.5. The van der Waals surface area contributed by atoms with E-state index in [1.807, 2.05) is 0 Å². The molecule has 0 radical (unpaired) electrons. The Kier molecular flexibility index (Phi) is 4.05. The molecule has 0 saturated carbocycles. The quantitative estimate of drug-likeness (QED) is 0.458. The highest BCUT2D eigenvalue weighted by Gasteiger charge is 2.21. The zero-order valence-corrected chi connectivity index (χ0v) is 11.2. The van der Waals surface area contributed by atoms with Gasteiger partial charge < -0.3 is 5.43 Å². The fourth-order valence-corrected chi connectivity index (χ4v) is 2.87. The van der Waals surface area contributed by atoms with Crippen LogP contribution >= 0.6 is 0 Å². The maximum Gasteiger partial charge on any atom is 0.264 e. The van der Waals surface area contributed by atoms with Crippen molar-refractivity contribution in [3.63, 3.8) is 0 Å². The molecule has 9 heteroatoms. The molecule has 0 bridgehead atoms. The second kappa shape index (κ2) is 5.62. The Morgan fingerprint density at radius 1 is 1.00 bits per heavy atom. The first-order valence-electron chi connectivity index (χ1n) is 5.58. The van der Waals surface area contributed by atoms with Crippen LogP contribution in [0.1, 0.15) is 0 Å². The molecule has 0 aliphatic heterocycles. The van der Waals surface area contributed by atoms with E-state index < -0.39 is 33.2 Å². The average Bonchev–Trinajstić information content (AvgIpc) is 2.44. The minimum absolute atomic E-state index is 0.0438. The lowest BCUT2D eigenvalue weighted by Gasteiger charge is -2.12. The molecule has 0 fully saturated rings. The number of halogens is 3. The molecule has 4 N–H and O–H groups in total. The van der Waals surface area contributed by atoms with E-state index in [1.165, 1.54) is 24.3 Å². The highest BCUT2D eigenvalue weighted by Crippen LogP contribution is 2.25. The standard InChI is InChI=1S/C12H10F3N3O2S/c13-7-5-8(14)12(15)10(6-7)18-21(19,20)11-4-2-1-3-9(11)17-16/h1-6,17-18H,16H2. The third kappa shape index (κ3) is 3.09. The lowest BCUT2D eigenvalue weighted by atomic mass is 10.3. The number of hydrogen-bond acceptors (Lipinski definition) is 4. The van der Waals surface area contributed by atoms with Crippen molar-refractivity contribution in [1.29, 1.82) is 0 Å². The van der Waals surface area contributed by atoms with Crippen LogP contribution in [0.2, 0.25) is 0 Å². The van der Waals surface area contributed by atoms with E-state index >= 15 is 0 Å². The van der Waals surface area contributed by atoms with Gasteiger partial charge in [-0.15, -0.1) is 0 Å². The Hall–Kier alpha value is -2.26. The fraction of sp³-hybridized carbons (Fsp3) is 0. The van der Waals surface area contributed by atoms with Gasteiger partial charge in [0.25, 0.3) is 10.0 Å². The first-order valence-corrected chi connectivity index (χ1v) is 7.06. The van der Waals surface area contributed by atoms with Crippen LogP contribution in [0.15, 0.2) is 41.3 Å². The van der Waals surface area contributed by atoms with Crippen molar-refractivity contribution in [2.24, 2.45) is 5.84 Å². The molecular formula is C12H10F3N3O2S. The first-order chi connectivity index (χ1) is 9.85. The number of nitrogens with two attached hydrogens (primary N) is 1. The summed E-state index contributed by atoms with van der Waals surface area (Å²) >= 11 is 0. The van der Waals surface area contributed by atoms with Gasteiger partial charge in [-0.3, -0.25) is 10.6 Å². The molecular weight excluding hydrogens is 307 g/mol. The predicted molar refractivity (Wildman–Crippen MR) is 71.4 cm³/mol. The Bertz CT molecular complexity index is 781. The van der Waals surface area contributed by atoms with Gasteiger partial charge in [0.15, 0.2) is 11.6 Å². The smallest absolute Gasteiger partial charge is 0.264 e. The van der Waals surface area contributed by atoms with Crippen LogP contribution in [-0.4, -0.2) is 8.42 Å². The summed E-state index contributed by atoms with van der Waals surface area (Å²) in [6.07, 6.45) is 0. The molecule has 0 aliphatic carbocycles. The van der Waals surface area contributed by atoms with E-state index in [0.717, 1.165) is 0 Å². The molecule has 2 rings (SSSR count). The number of nitrogen functional groups attached to an aromatic ring is 1. The van der Waals surface area contributed by atoms with Gasteiger partial charge in [0.05, 0.1) is 11.4 Å². The van der Waals surface area contributed by atoms with Gasteiger partial charge in [-0.25, -0.2) is 21.6 Å². The third-order valence-electron chi connectivity index (χ3n) is 2.57. The molecule has 2 aromatic rings. The predicted octanol–water partition coefficient (Wildman–Crippen LogP) is 2.19. The summed E-state index contributed by atoms with van der Waals surface area (Å²) in [7, 11) is -4.28. The Labute approximate surface area is 118 Å². The van der Waals surface area contributed by atoms with Gasteiger partial charge in [0.2, 0.25) is 0 Å². The minimum Gasteiger partial charge on any atom is -0.323 e. The number of nitrogens with one attached hydrogen (secondary N) is 2. The minimum atomic E-state index is -4.28. The second-order valence-electron chi connectivity index (χ2n) is 4.00. The van der Waals surface area contributed by atoms with Crippen molar-refractivity contribution in [3.8, 4) is 0 Å². The summed E-state index contributed by atoms with van der Waals surface area (Å²) in [5.41, 5.74) is 1.37. The monoisotopic (exact) mass is 317 g/mol. The summed E-state index contributed by atoms with van der Waals surface area (Å²) in [6, 6.07) is 6.35. The number of hydrogen-bond donors (Lipinski definition) is 3. The number of benzene rings is 2. The van der Waals surface area contributed by atoms with Crippen molar-refractivity contribution >= 4 is 21.4 Å². The third-order valence-corrected chi connectivity index (χ3v) is 3.99. The molecule has 0 spiro atoms. The van der Waals surface area contributed by atoms with Gasteiger partial charge in [0, 0.05) is 12.1 Å². The van der Waals surface area contributed by atoms with E-state index in [0.29, 0.717) is 12.1 Å². The average molecular weight is 317 g/mol. The van der Waals surface area contributed by atoms with E-state index in [9.17, 15) is 21.6 Å². The molecule has 0 aliphatic rings. The Balaban J connectivity index is 2.47. The van der Waals surface area contributed by atoms with Crippen LogP contribution in [0.4, 0.5) is 24.5 Å². The summed E-state index contributed by atoms with van der Waals surface area (Å²) in [5, 5.41) is 0. The number of sulfonamides is 1. The van der Waals surface area contributed by atoms with E-state index in [-0.39, 0.29) is 10.6 Å². The molecule has 112 valence electrons. The van der Waals surface area contributed by atoms with Crippen molar-refractivity contribution < 1.29 is 21.6 Å². The van der Waals surface area contributed by atoms with Gasteiger partial charge in [0.1, 0.15) is 10.7 Å². The normalized spacial score (nSPS) is 11.2. The van der Waals surface area contributed by atoms with Crippen LogP contribution in [0.25, 0.3) is 0 Å². The Morgan fingerprint density at radius 2 is 1.67 bits per heavy atom. The molecule has 2 aromatic carbocycles. The summed E-state index contributed by atoms with van der Waals surface area (Å²) in [6.45, 7) is 0. The number of para-hydroxylation sites is 1. The van der Waals surface area contributed by atoms with E-state index in [1.54, 1.807) is 4.72 Å². The topological polar surface area (TPSA) is 84.2 Å². The van der Waals surface area contributed by atoms with Crippen LogP contribution < -0.4 is 16.0 Å². The Morgan fingerprint density at radius 3 is 2.33 bits per heavy atom. The second-order valence-corrected chi connectivity index (χ2v) is 5.65. The lowest BCUT2D eigenvalue weighted by molar-refractivity contribution is 0.498. The highest BCUT2D eigenvalue weighted by molar-refractivity contribution is 7.92. The number of anilines is 2. The summed E-state index contributed by atoms with van der Waals surface area (Å²) in [5.74, 6) is 1.06. The molecule has 0 atom stereocenters. The molecule has 5 nitrogen and oxygen atoms in total. The summed E-state index contributed by atoms with van der Waals surface area (Å²) < 4.78 is 65.7. The molecule has 0 heterocycles. The lowest BCUT2D eigenvalue weighted by Crippen LogP contribution is -2.18. The van der Waals surface area contributed by atoms with E-state index in [4.69, 9.17) is 5.84 Å². The van der Waals surface area contributed by atoms with Gasteiger partial charge in [-0.05, 0) is 12.1 Å². The first kappa shape index (κ1) is 15.1. The van der Waals surface area contributed by atoms with Gasteiger partial charge in [-0.1, -0.05) is 12.1 Å².